The lowest BCUT2D eigenvalue weighted by atomic mass is 9.86. The predicted molar refractivity (Wildman–Crippen MR) is 104 cm³/mol. The second kappa shape index (κ2) is 7.96. The number of fused-ring (bicyclic) bond motifs is 2. The fraction of sp³-hybridized carbons (Fsp3) is 0.682. The molecule has 2 N–H and O–H groups in total. The van der Waals surface area contributed by atoms with Gasteiger partial charge in [0, 0.05) is 12.5 Å². The molecule has 0 saturated heterocycles. The van der Waals surface area contributed by atoms with E-state index in [1.54, 1.807) is 0 Å². The Morgan fingerprint density at radius 1 is 1.00 bits per heavy atom. The van der Waals surface area contributed by atoms with E-state index in [2.05, 4.69) is 10.6 Å². The quantitative estimate of drug-likeness (QED) is 0.623. The van der Waals surface area contributed by atoms with E-state index in [1.807, 2.05) is 0 Å². The van der Waals surface area contributed by atoms with Gasteiger partial charge in [-0.05, 0) is 68.1 Å². The second-order valence-corrected chi connectivity index (χ2v) is 8.92. The average molecular weight is 394 g/mol. The van der Waals surface area contributed by atoms with Gasteiger partial charge < -0.3 is 10.6 Å². The Morgan fingerprint density at radius 3 is 2.43 bits per heavy atom. The van der Waals surface area contributed by atoms with E-state index in [1.165, 1.54) is 31.7 Å². The van der Waals surface area contributed by atoms with Crippen LogP contribution >= 0.6 is 0 Å². The Hall–Kier alpha value is -1.72. The largest absolute Gasteiger partial charge is 0.416 e. The van der Waals surface area contributed by atoms with Crippen molar-refractivity contribution in [1.82, 2.24) is 0 Å². The highest BCUT2D eigenvalue weighted by atomic mass is 19.4. The first-order valence-corrected chi connectivity index (χ1v) is 10.7. The normalized spacial score (nSPS) is 27.8. The molecule has 28 heavy (non-hydrogen) atoms. The third-order valence-corrected chi connectivity index (χ3v) is 6.92. The monoisotopic (exact) mass is 394 g/mol. The van der Waals surface area contributed by atoms with Gasteiger partial charge in [0.05, 0.1) is 16.9 Å². The highest BCUT2D eigenvalue weighted by Crippen LogP contribution is 2.49. The summed E-state index contributed by atoms with van der Waals surface area (Å²) in [5.41, 5.74) is 0.131. The molecule has 0 heterocycles. The van der Waals surface area contributed by atoms with Crippen LogP contribution in [0.5, 0.6) is 0 Å². The lowest BCUT2D eigenvalue weighted by molar-refractivity contribution is -0.137. The zero-order valence-corrected chi connectivity index (χ0v) is 16.2. The van der Waals surface area contributed by atoms with Crippen molar-refractivity contribution >= 4 is 17.3 Å². The Morgan fingerprint density at radius 2 is 1.79 bits per heavy atom. The fourth-order valence-corrected chi connectivity index (χ4v) is 5.48. The average Bonchev–Trinajstić information content (AvgIpc) is 3.26. The smallest absolute Gasteiger partial charge is 0.381 e. The van der Waals surface area contributed by atoms with Crippen molar-refractivity contribution in [2.45, 2.75) is 76.4 Å². The summed E-state index contributed by atoms with van der Waals surface area (Å²) in [6.45, 7) is 0. The van der Waals surface area contributed by atoms with Crippen molar-refractivity contribution in [3.63, 3.8) is 0 Å². The van der Waals surface area contributed by atoms with E-state index < -0.39 is 11.7 Å². The molecule has 154 valence electrons. The number of nitrogens with one attached hydrogen (secondary N) is 2. The summed E-state index contributed by atoms with van der Waals surface area (Å²) < 4.78 is 39.6. The van der Waals surface area contributed by atoms with Crippen molar-refractivity contribution < 1.29 is 18.0 Å². The molecule has 3 nitrogen and oxygen atoms in total. The zero-order chi connectivity index (χ0) is 19.7. The molecule has 0 aromatic heterocycles. The maximum absolute atomic E-state index is 13.2. The number of carbonyl (C=O) groups excluding carboxylic acids is 1. The summed E-state index contributed by atoms with van der Waals surface area (Å²) >= 11 is 0. The number of alkyl halides is 3. The van der Waals surface area contributed by atoms with Crippen LogP contribution in [0.3, 0.4) is 0 Å². The van der Waals surface area contributed by atoms with Crippen LogP contribution in [0.2, 0.25) is 0 Å². The summed E-state index contributed by atoms with van der Waals surface area (Å²) in [4.78, 5) is 12.6. The van der Waals surface area contributed by atoms with Crippen molar-refractivity contribution in [2.24, 2.45) is 17.8 Å². The van der Waals surface area contributed by atoms with Crippen LogP contribution in [0.15, 0.2) is 18.2 Å². The van der Waals surface area contributed by atoms with E-state index in [-0.39, 0.29) is 17.6 Å². The van der Waals surface area contributed by atoms with Gasteiger partial charge in [0.25, 0.3) is 0 Å². The van der Waals surface area contributed by atoms with E-state index >= 15 is 0 Å². The Balaban J connectivity index is 1.47. The van der Waals surface area contributed by atoms with Gasteiger partial charge in [-0.1, -0.05) is 25.7 Å². The number of anilines is 2. The number of hydrogen-bond acceptors (Lipinski definition) is 2. The first-order valence-electron chi connectivity index (χ1n) is 10.7. The number of rotatable bonds is 5. The van der Waals surface area contributed by atoms with Crippen molar-refractivity contribution in [3.05, 3.63) is 23.8 Å². The summed E-state index contributed by atoms with van der Waals surface area (Å²) in [5, 5.41) is 6.17. The van der Waals surface area contributed by atoms with E-state index in [0.29, 0.717) is 23.9 Å². The first kappa shape index (κ1) is 19.6. The molecular formula is C22H29F3N2O. The molecule has 0 radical (unpaired) electrons. The maximum Gasteiger partial charge on any atom is 0.416 e. The first-order chi connectivity index (χ1) is 13.4. The van der Waals surface area contributed by atoms with Gasteiger partial charge in [-0.3, -0.25) is 4.79 Å². The van der Waals surface area contributed by atoms with Crippen LogP contribution in [0.1, 0.15) is 69.8 Å². The van der Waals surface area contributed by atoms with Gasteiger partial charge in [0.2, 0.25) is 5.91 Å². The molecular weight excluding hydrogens is 365 g/mol. The Bertz CT molecular complexity index is 712. The Kier molecular flexibility index (Phi) is 5.57. The molecule has 3 saturated carbocycles. The number of carbonyl (C=O) groups is 1. The van der Waals surface area contributed by atoms with Crippen LogP contribution in [0, 0.1) is 17.8 Å². The van der Waals surface area contributed by atoms with Crippen molar-refractivity contribution in [2.75, 3.05) is 10.6 Å². The van der Waals surface area contributed by atoms with Crippen LogP contribution in [-0.4, -0.2) is 11.9 Å². The minimum Gasteiger partial charge on any atom is -0.381 e. The van der Waals surface area contributed by atoms with Gasteiger partial charge in [-0.2, -0.15) is 13.2 Å². The van der Waals surface area contributed by atoms with Crippen LogP contribution in [0.25, 0.3) is 0 Å². The number of hydrogen-bond donors (Lipinski definition) is 2. The molecule has 6 heteroatoms. The zero-order valence-electron chi connectivity index (χ0n) is 16.2. The molecule has 1 aromatic carbocycles. The molecule has 0 spiro atoms. The van der Waals surface area contributed by atoms with Gasteiger partial charge in [-0.25, -0.2) is 0 Å². The standard InChI is InChI=1S/C22H29F3N2O/c23-22(24,25)17-8-9-19(26-18-4-2-1-3-5-18)20(13-17)27-21(28)12-16-11-14-6-7-15(16)10-14/h8-9,13-16,18,26H,1-7,10-12H2,(H,27,28)/t14-,15-,16-/m1/s1. The molecule has 3 atom stereocenters. The molecule has 3 aliphatic carbocycles. The maximum atomic E-state index is 13.2. The van der Waals surface area contributed by atoms with E-state index in [9.17, 15) is 18.0 Å². The van der Waals surface area contributed by atoms with E-state index in [4.69, 9.17) is 0 Å². The van der Waals surface area contributed by atoms with Crippen molar-refractivity contribution in [1.29, 1.82) is 0 Å². The fourth-order valence-electron chi connectivity index (χ4n) is 5.48. The highest BCUT2D eigenvalue weighted by molar-refractivity contribution is 5.94. The third-order valence-electron chi connectivity index (χ3n) is 6.92. The molecule has 2 bridgehead atoms. The molecule has 1 amide bonds. The summed E-state index contributed by atoms with van der Waals surface area (Å²) in [6, 6.07) is 3.89. The van der Waals surface area contributed by atoms with Crippen LogP contribution < -0.4 is 10.6 Å². The predicted octanol–water partition coefficient (Wildman–Crippen LogP) is 6.21. The SMILES string of the molecule is O=C(C[C@H]1C[C@@H]2CC[C@@H]1C2)Nc1cc(C(F)(F)F)ccc1NC1CCCCC1. The van der Waals surface area contributed by atoms with Crippen LogP contribution in [-0.2, 0) is 11.0 Å². The van der Waals surface area contributed by atoms with Gasteiger partial charge in [-0.15, -0.1) is 0 Å². The van der Waals surface area contributed by atoms with Gasteiger partial charge in [0.15, 0.2) is 0 Å². The van der Waals surface area contributed by atoms with Crippen LogP contribution in [0.4, 0.5) is 24.5 Å². The Labute approximate surface area is 164 Å². The molecule has 3 aliphatic rings. The van der Waals surface area contributed by atoms with Gasteiger partial charge >= 0.3 is 6.18 Å². The topological polar surface area (TPSA) is 41.1 Å². The molecule has 4 rings (SSSR count). The van der Waals surface area contributed by atoms with Crippen molar-refractivity contribution in [3.8, 4) is 0 Å². The van der Waals surface area contributed by atoms with Gasteiger partial charge in [0.1, 0.15) is 0 Å². The minimum atomic E-state index is -4.42. The molecule has 0 aliphatic heterocycles. The number of amides is 1. The minimum absolute atomic E-state index is 0.163. The lowest BCUT2D eigenvalue weighted by Gasteiger charge is -2.26. The number of benzene rings is 1. The molecule has 0 unspecified atom stereocenters. The summed E-state index contributed by atoms with van der Waals surface area (Å²) in [6.07, 6.45) is 6.26. The summed E-state index contributed by atoms with van der Waals surface area (Å²) in [7, 11) is 0. The lowest BCUT2D eigenvalue weighted by Crippen LogP contribution is -2.25. The molecule has 3 fully saturated rings. The molecule has 1 aromatic rings. The second-order valence-electron chi connectivity index (χ2n) is 8.92. The highest BCUT2D eigenvalue weighted by Gasteiger charge is 2.40. The number of halogens is 3. The van der Waals surface area contributed by atoms with E-state index in [0.717, 1.165) is 50.2 Å². The summed E-state index contributed by atoms with van der Waals surface area (Å²) in [5.74, 6) is 1.60. The third kappa shape index (κ3) is 4.47.